The molecule has 0 unspecified atom stereocenters. The van der Waals surface area contributed by atoms with E-state index in [2.05, 4.69) is 37.8 Å². The molecule has 0 radical (unpaired) electrons. The van der Waals surface area contributed by atoms with E-state index in [0.29, 0.717) is 23.4 Å². The maximum atomic E-state index is 14.0. The summed E-state index contributed by atoms with van der Waals surface area (Å²) < 4.78 is 1.92. The fraction of sp³-hybridized carbons (Fsp3) is 0.465. The van der Waals surface area contributed by atoms with E-state index in [4.69, 9.17) is 0 Å². The third-order valence-corrected chi connectivity index (χ3v) is 8.84. The summed E-state index contributed by atoms with van der Waals surface area (Å²) >= 11 is 0. The first-order valence-corrected chi connectivity index (χ1v) is 18.7. The molecule has 0 aliphatic rings. The van der Waals surface area contributed by atoms with Crippen LogP contribution in [0.3, 0.4) is 0 Å². The first kappa shape index (κ1) is 39.4. The number of hydrogen-bond acceptors (Lipinski definition) is 4. The lowest BCUT2D eigenvalue weighted by atomic mass is 10.00. The van der Waals surface area contributed by atoms with E-state index in [1.807, 2.05) is 79.0 Å². The molecule has 0 aliphatic carbocycles. The van der Waals surface area contributed by atoms with Crippen molar-refractivity contribution in [2.45, 2.75) is 106 Å². The number of nitrogens with zero attached hydrogens (tertiary/aromatic N) is 3. The second-order valence-electron chi connectivity index (χ2n) is 12.9. The second-order valence-corrected chi connectivity index (χ2v) is 12.9. The van der Waals surface area contributed by atoms with Crippen LogP contribution < -0.4 is 0 Å². The Hall–Kier alpha value is -4.03. The number of carbonyl (C=O) groups excluding carboxylic acids is 3. The quantitative estimate of drug-likeness (QED) is 0.0883. The Bertz CT molecular complexity index is 1580. The van der Waals surface area contributed by atoms with Crippen molar-refractivity contribution in [2.75, 3.05) is 26.2 Å². The van der Waals surface area contributed by atoms with Gasteiger partial charge in [0.15, 0.2) is 0 Å². The summed E-state index contributed by atoms with van der Waals surface area (Å²) in [5, 5.41) is 0. The highest BCUT2D eigenvalue weighted by Gasteiger charge is 2.22. The summed E-state index contributed by atoms with van der Waals surface area (Å²) in [6.45, 7) is 16.0. The molecule has 2 heterocycles. The minimum Gasteiger partial charge on any atom is -0.327 e. The lowest BCUT2D eigenvalue weighted by molar-refractivity contribution is -0.117. The van der Waals surface area contributed by atoms with Gasteiger partial charge in [0.05, 0.1) is 12.2 Å². The van der Waals surface area contributed by atoms with Crippen molar-refractivity contribution >= 4 is 23.0 Å². The lowest BCUT2D eigenvalue weighted by Gasteiger charge is -2.22. The third kappa shape index (κ3) is 11.8. The number of benzene rings is 2. The fourth-order valence-electron chi connectivity index (χ4n) is 6.20. The Balaban J connectivity index is 0.00000319. The van der Waals surface area contributed by atoms with Gasteiger partial charge in [0.1, 0.15) is 5.78 Å². The van der Waals surface area contributed by atoms with Crippen LogP contribution in [0, 0.1) is 0 Å². The van der Waals surface area contributed by atoms with Crippen LogP contribution in [0.1, 0.15) is 130 Å². The van der Waals surface area contributed by atoms with Gasteiger partial charge < -0.3 is 14.2 Å². The van der Waals surface area contributed by atoms with Gasteiger partial charge in [-0.1, -0.05) is 108 Å². The average molecular weight is 666 g/mol. The van der Waals surface area contributed by atoms with E-state index in [-0.39, 0.29) is 24.0 Å². The van der Waals surface area contributed by atoms with Gasteiger partial charge in [-0.25, -0.2) is 0 Å². The molecule has 0 saturated heterocycles. The number of pyridine rings is 1. The summed E-state index contributed by atoms with van der Waals surface area (Å²) in [5.41, 5.74) is 5.86. The molecule has 0 fully saturated rings. The Kier molecular flexibility index (Phi) is 17.0. The second kappa shape index (κ2) is 21.1. The molecule has 4 rings (SSSR count). The maximum absolute atomic E-state index is 14.0. The predicted octanol–water partition coefficient (Wildman–Crippen LogP) is 9.61. The summed E-state index contributed by atoms with van der Waals surface area (Å²) in [5.74, 6) is -0.279. The van der Waals surface area contributed by atoms with Crippen LogP contribution in [0.4, 0.5) is 0 Å². The minimum atomic E-state index is -0.204. The molecule has 2 aromatic carbocycles. The van der Waals surface area contributed by atoms with Crippen LogP contribution in [0.15, 0.2) is 79.0 Å². The van der Waals surface area contributed by atoms with Crippen LogP contribution in [0.5, 0.6) is 0 Å². The molecule has 49 heavy (non-hydrogen) atoms. The van der Waals surface area contributed by atoms with Crippen molar-refractivity contribution in [1.29, 1.82) is 0 Å². The van der Waals surface area contributed by atoms with Crippen LogP contribution in [0.25, 0.3) is 5.52 Å². The van der Waals surface area contributed by atoms with Gasteiger partial charge in [-0.3, -0.25) is 14.4 Å². The number of Topliss-reactive ketones (excluding diaryl/α,β-unsaturated/α-hetero) is 1. The molecule has 6 nitrogen and oxygen atoms in total. The highest BCUT2D eigenvalue weighted by atomic mass is 16.2. The summed E-state index contributed by atoms with van der Waals surface area (Å²) in [6.07, 6.45) is 11.7. The summed E-state index contributed by atoms with van der Waals surface area (Å²) in [7, 11) is 0. The Morgan fingerprint density at radius 2 is 1.31 bits per heavy atom. The van der Waals surface area contributed by atoms with E-state index < -0.39 is 0 Å². The maximum Gasteiger partial charge on any atom is 0.254 e. The van der Waals surface area contributed by atoms with E-state index in [0.717, 1.165) is 55.3 Å². The fourth-order valence-corrected chi connectivity index (χ4v) is 6.20. The Morgan fingerprint density at radius 3 is 1.92 bits per heavy atom. The topological polar surface area (TPSA) is 62.1 Å². The Morgan fingerprint density at radius 1 is 0.673 bits per heavy atom. The predicted molar refractivity (Wildman–Crippen MR) is 204 cm³/mol. The van der Waals surface area contributed by atoms with Gasteiger partial charge in [0.2, 0.25) is 5.78 Å². The highest BCUT2D eigenvalue weighted by molar-refractivity contribution is 6.10. The molecule has 0 bridgehead atoms. The van der Waals surface area contributed by atoms with Gasteiger partial charge in [-0.2, -0.15) is 0 Å². The zero-order valence-corrected chi connectivity index (χ0v) is 31.0. The van der Waals surface area contributed by atoms with Crippen molar-refractivity contribution in [1.82, 2.24) is 14.2 Å². The highest BCUT2D eigenvalue weighted by Crippen LogP contribution is 2.24. The van der Waals surface area contributed by atoms with E-state index in [1.54, 1.807) is 11.0 Å². The van der Waals surface area contributed by atoms with Crippen LogP contribution in [-0.2, 0) is 24.2 Å². The van der Waals surface area contributed by atoms with Crippen molar-refractivity contribution in [3.05, 3.63) is 113 Å². The third-order valence-electron chi connectivity index (χ3n) is 8.84. The van der Waals surface area contributed by atoms with Crippen molar-refractivity contribution < 1.29 is 14.4 Å². The van der Waals surface area contributed by atoms with Gasteiger partial charge >= 0.3 is 0 Å². The molecule has 0 N–H and O–H groups in total. The number of carbonyl (C=O) groups is 3. The van der Waals surface area contributed by atoms with Crippen LogP contribution in [-0.4, -0.2) is 57.9 Å². The van der Waals surface area contributed by atoms with Gasteiger partial charge in [-0.15, -0.1) is 0 Å². The number of fused-ring (bicyclic) bond motifs is 1. The monoisotopic (exact) mass is 665 g/mol. The van der Waals surface area contributed by atoms with Crippen LogP contribution in [0.2, 0.25) is 0 Å². The molecule has 2 aromatic heterocycles. The molecule has 0 spiro atoms. The first-order chi connectivity index (χ1) is 23.8. The van der Waals surface area contributed by atoms with Crippen molar-refractivity contribution in [2.24, 2.45) is 0 Å². The molecule has 264 valence electrons. The van der Waals surface area contributed by atoms with Crippen LogP contribution >= 0.6 is 0 Å². The molecular formula is C43H59N3O3. The smallest absolute Gasteiger partial charge is 0.254 e. The number of hydrogen-bond donors (Lipinski definition) is 0. The zero-order chi connectivity index (χ0) is 35.6. The molecule has 1 amide bonds. The Labute approximate surface area is 295 Å². The SMILES string of the molecule is CC.CCCCc1cc2cc(C(=O)N(CC(C)=O)Cc3ccccc3)ccn2c1C(=O)c1ccc(CCCN(CCCC)CCCC)cc1. The number of aryl methyl sites for hydroxylation is 2. The molecule has 0 aliphatic heterocycles. The molecule has 0 atom stereocenters. The van der Waals surface area contributed by atoms with E-state index in [1.165, 1.54) is 51.3 Å². The van der Waals surface area contributed by atoms with Gasteiger partial charge in [0.25, 0.3) is 5.91 Å². The first-order valence-electron chi connectivity index (χ1n) is 18.7. The number of ketones is 2. The lowest BCUT2D eigenvalue weighted by Crippen LogP contribution is -2.34. The van der Waals surface area contributed by atoms with Gasteiger partial charge in [0, 0.05) is 29.4 Å². The van der Waals surface area contributed by atoms with E-state index in [9.17, 15) is 14.4 Å². The van der Waals surface area contributed by atoms with Crippen molar-refractivity contribution in [3.8, 4) is 0 Å². The summed E-state index contributed by atoms with van der Waals surface area (Å²) in [6, 6.07) is 23.5. The average Bonchev–Trinajstić information content (AvgIpc) is 3.49. The molecule has 4 aromatic rings. The molecule has 6 heteroatoms. The zero-order valence-electron chi connectivity index (χ0n) is 31.0. The van der Waals surface area contributed by atoms with E-state index >= 15 is 0 Å². The molecule has 0 saturated carbocycles. The number of amides is 1. The standard InChI is InChI=1S/C41H53N3O3.C2H6/c1-5-8-18-36-28-38-29-37(41(47)43(30-32(4)45)31-34-15-12-11-13-16-34)23-27-44(38)39(36)40(46)35-21-19-33(20-22-35)17-14-26-42(24-9-6-2)25-10-7-3;1-2/h11-13,15-16,19-23,27-29H,5-10,14,17-18,24-26,30-31H2,1-4H3;1-2H3. The van der Waals surface area contributed by atoms with Crippen molar-refractivity contribution in [3.63, 3.8) is 0 Å². The molecular weight excluding hydrogens is 606 g/mol. The van der Waals surface area contributed by atoms with Gasteiger partial charge in [-0.05, 0) is 100.0 Å². The normalized spacial score (nSPS) is 11.0. The number of unbranched alkanes of at least 4 members (excludes halogenated alkanes) is 3. The largest absolute Gasteiger partial charge is 0.327 e. The number of aromatic nitrogens is 1. The summed E-state index contributed by atoms with van der Waals surface area (Å²) in [4.78, 5) is 44.0. The number of rotatable bonds is 20. The minimum absolute atomic E-state index is 0.00526.